The molecule has 1 aromatic carbocycles. The molecule has 0 unspecified atom stereocenters. The third-order valence-corrected chi connectivity index (χ3v) is 5.48. The number of benzene rings is 1. The molecule has 2 aliphatic rings. The van der Waals surface area contributed by atoms with Gasteiger partial charge < -0.3 is 4.74 Å². The molecule has 0 saturated heterocycles. The van der Waals surface area contributed by atoms with E-state index in [2.05, 4.69) is 9.71 Å². The fraction of sp³-hybridized carbons (Fsp3) is 0.438. The molecule has 1 aromatic rings. The number of ketones is 1. The summed E-state index contributed by atoms with van der Waals surface area (Å²) in [5.74, 6) is -0.585. The summed E-state index contributed by atoms with van der Waals surface area (Å²) in [6.07, 6.45) is 1.92. The van der Waals surface area contributed by atoms with Crippen LogP contribution in [0.15, 0.2) is 34.2 Å². The number of sulfonamides is 1. The van der Waals surface area contributed by atoms with Crippen LogP contribution in [0.3, 0.4) is 0 Å². The zero-order valence-electron chi connectivity index (χ0n) is 13.2. The lowest BCUT2D eigenvalue weighted by atomic mass is 9.96. The van der Waals surface area contributed by atoms with E-state index in [1.807, 2.05) is 0 Å². The average molecular weight is 350 g/mol. The average Bonchev–Trinajstić information content (AvgIpc) is 2.81. The summed E-state index contributed by atoms with van der Waals surface area (Å²) in [4.78, 5) is 28.2. The quantitative estimate of drug-likeness (QED) is 0.825. The Hall–Kier alpha value is -2.22. The molecule has 1 fully saturated rings. The van der Waals surface area contributed by atoms with E-state index >= 15 is 0 Å². The zero-order chi connectivity index (χ0) is 17.3. The normalized spacial score (nSPS) is 25.0. The van der Waals surface area contributed by atoms with Gasteiger partial charge in [-0.25, -0.2) is 13.2 Å². The van der Waals surface area contributed by atoms with E-state index in [0.717, 1.165) is 12.8 Å². The van der Waals surface area contributed by atoms with Gasteiger partial charge in [-0.05, 0) is 38.3 Å². The number of carbonyl (C=O) groups is 2. The first-order valence-electron chi connectivity index (χ1n) is 7.82. The minimum Gasteiger partial charge on any atom is -0.453 e. The van der Waals surface area contributed by atoms with Gasteiger partial charge in [0.2, 0.25) is 0 Å². The molecular formula is C16H18N2O5S. The van der Waals surface area contributed by atoms with Crippen LogP contribution in [-0.4, -0.2) is 38.2 Å². The van der Waals surface area contributed by atoms with Gasteiger partial charge in [0.1, 0.15) is 11.9 Å². The molecule has 0 radical (unpaired) electrons. The van der Waals surface area contributed by atoms with Crippen molar-refractivity contribution >= 4 is 27.6 Å². The predicted molar refractivity (Wildman–Crippen MR) is 86.1 cm³/mol. The first-order valence-corrected chi connectivity index (χ1v) is 9.30. The highest BCUT2D eigenvalue weighted by atomic mass is 32.2. The Balaban J connectivity index is 1.77. The molecule has 1 heterocycles. The van der Waals surface area contributed by atoms with Crippen LogP contribution < -0.4 is 4.72 Å². The number of Topliss-reactive ketones (excluding diaryl/α,β-unsaturated/α-hetero) is 1. The van der Waals surface area contributed by atoms with Crippen molar-refractivity contribution in [1.29, 1.82) is 0 Å². The van der Waals surface area contributed by atoms with Crippen LogP contribution in [0.4, 0.5) is 0 Å². The number of rotatable bonds is 3. The molecule has 1 aliphatic carbocycles. The lowest BCUT2D eigenvalue weighted by Gasteiger charge is -2.21. The maximum Gasteiger partial charge on any atom is 0.331 e. The summed E-state index contributed by atoms with van der Waals surface area (Å²) >= 11 is 0. The van der Waals surface area contributed by atoms with Crippen LogP contribution in [-0.2, 0) is 24.3 Å². The maximum absolute atomic E-state index is 12.2. The van der Waals surface area contributed by atoms with Crippen molar-refractivity contribution in [2.45, 2.75) is 49.6 Å². The van der Waals surface area contributed by atoms with Crippen LogP contribution in [0.2, 0.25) is 0 Å². The number of amidine groups is 1. The minimum absolute atomic E-state index is 0.0682. The van der Waals surface area contributed by atoms with Gasteiger partial charge in [-0.15, -0.1) is 0 Å². The van der Waals surface area contributed by atoms with Crippen LogP contribution in [0.5, 0.6) is 0 Å². The third kappa shape index (κ3) is 3.19. The van der Waals surface area contributed by atoms with Crippen molar-refractivity contribution < 1.29 is 22.7 Å². The summed E-state index contributed by atoms with van der Waals surface area (Å²) in [5, 5.41) is 0. The van der Waals surface area contributed by atoms with Gasteiger partial charge in [-0.2, -0.15) is 0 Å². The molecule has 7 nitrogen and oxygen atoms in total. The van der Waals surface area contributed by atoms with Gasteiger partial charge >= 0.3 is 5.97 Å². The fourth-order valence-corrected chi connectivity index (χ4v) is 4.03. The Bertz CT molecular complexity index is 816. The van der Waals surface area contributed by atoms with E-state index in [0.29, 0.717) is 18.4 Å². The summed E-state index contributed by atoms with van der Waals surface area (Å²) < 4.78 is 31.6. The van der Waals surface area contributed by atoms with Crippen LogP contribution in [0.25, 0.3) is 0 Å². The number of nitrogens with zero attached hydrogens (tertiary/aromatic N) is 1. The van der Waals surface area contributed by atoms with Gasteiger partial charge in [0.15, 0.2) is 11.9 Å². The van der Waals surface area contributed by atoms with E-state index in [1.54, 1.807) is 18.2 Å². The molecule has 128 valence electrons. The van der Waals surface area contributed by atoms with Crippen molar-refractivity contribution in [3.05, 3.63) is 29.8 Å². The summed E-state index contributed by atoms with van der Waals surface area (Å²) in [5.41, 5.74) is 0.422. The first kappa shape index (κ1) is 16.6. The first-order chi connectivity index (χ1) is 11.4. The van der Waals surface area contributed by atoms with Crippen molar-refractivity contribution in [3.63, 3.8) is 0 Å². The number of hydrogen-bond acceptors (Lipinski definition) is 6. The highest BCUT2D eigenvalue weighted by molar-refractivity contribution is 7.90. The smallest absolute Gasteiger partial charge is 0.331 e. The topological polar surface area (TPSA) is 102 Å². The molecule has 2 atom stereocenters. The number of ether oxygens (including phenoxy) is 1. The number of fused-ring (bicyclic) bond motifs is 1. The van der Waals surface area contributed by atoms with Gasteiger partial charge in [-0.3, -0.25) is 14.5 Å². The molecule has 1 aliphatic heterocycles. The summed E-state index contributed by atoms with van der Waals surface area (Å²) in [7, 11) is -3.65. The molecule has 0 amide bonds. The zero-order valence-corrected chi connectivity index (χ0v) is 14.0. The van der Waals surface area contributed by atoms with E-state index in [9.17, 15) is 18.0 Å². The summed E-state index contributed by atoms with van der Waals surface area (Å²) in [6.45, 7) is 1.51. The largest absolute Gasteiger partial charge is 0.453 e. The molecule has 1 saturated carbocycles. The molecule has 0 bridgehead atoms. The Labute approximate surface area is 140 Å². The molecule has 8 heteroatoms. The fourth-order valence-electron chi connectivity index (χ4n) is 2.79. The second kappa shape index (κ2) is 6.35. The van der Waals surface area contributed by atoms with Gasteiger partial charge in [0, 0.05) is 12.0 Å². The molecule has 24 heavy (non-hydrogen) atoms. The van der Waals surface area contributed by atoms with Crippen molar-refractivity contribution in [1.82, 2.24) is 4.72 Å². The Kier molecular flexibility index (Phi) is 4.40. The predicted octanol–water partition coefficient (Wildman–Crippen LogP) is 1.17. The summed E-state index contributed by atoms with van der Waals surface area (Å²) in [6, 6.07) is 5.50. The second-order valence-electron chi connectivity index (χ2n) is 5.89. The Morgan fingerprint density at radius 2 is 2.08 bits per heavy atom. The molecule has 3 rings (SSSR count). The highest BCUT2D eigenvalue weighted by Crippen LogP contribution is 2.23. The minimum atomic E-state index is -3.65. The van der Waals surface area contributed by atoms with Crippen molar-refractivity contribution in [2.75, 3.05) is 0 Å². The van der Waals surface area contributed by atoms with Gasteiger partial charge in [-0.1, -0.05) is 12.1 Å². The number of carbonyl (C=O) groups excluding carboxylic acids is 2. The molecule has 1 N–H and O–H groups in total. The van der Waals surface area contributed by atoms with Gasteiger partial charge in [0.25, 0.3) is 10.0 Å². The monoisotopic (exact) mass is 350 g/mol. The number of esters is 1. The standard InChI is InChI=1S/C16H18N2O5S/c1-10(16(20)23-13-8-4-3-7-12(13)19)17-15-11-6-2-5-9-14(11)24(21,22)18-15/h2,5-6,9-10,13H,3-4,7-8H2,1H3,(H,17,18)/t10-,13-/m0/s1. The van der Waals surface area contributed by atoms with Crippen LogP contribution in [0.1, 0.15) is 38.2 Å². The number of hydrogen-bond donors (Lipinski definition) is 1. The second-order valence-corrected chi connectivity index (χ2v) is 7.54. The van der Waals surface area contributed by atoms with Crippen molar-refractivity contribution in [3.8, 4) is 0 Å². The number of nitrogens with one attached hydrogen (secondary N) is 1. The van der Waals surface area contributed by atoms with E-state index in [1.165, 1.54) is 13.0 Å². The Morgan fingerprint density at radius 1 is 1.33 bits per heavy atom. The van der Waals surface area contributed by atoms with Crippen molar-refractivity contribution in [2.24, 2.45) is 4.99 Å². The van der Waals surface area contributed by atoms with Gasteiger partial charge in [0.05, 0.1) is 4.90 Å². The molecule has 0 aromatic heterocycles. The van der Waals surface area contributed by atoms with E-state index < -0.39 is 28.1 Å². The molecular weight excluding hydrogens is 332 g/mol. The SMILES string of the molecule is C[C@H](N=C1NS(=O)(=O)c2ccccc21)C(=O)O[C@H]1CCCCC1=O. The maximum atomic E-state index is 12.2. The number of aliphatic imine (C=N–C) groups is 1. The van der Waals surface area contributed by atoms with Crippen LogP contribution in [0, 0.1) is 0 Å². The third-order valence-electron chi connectivity index (χ3n) is 4.08. The van der Waals surface area contributed by atoms with E-state index in [-0.39, 0.29) is 16.5 Å². The van der Waals surface area contributed by atoms with E-state index in [4.69, 9.17) is 4.74 Å². The Morgan fingerprint density at radius 3 is 2.83 bits per heavy atom. The lowest BCUT2D eigenvalue weighted by molar-refractivity contribution is -0.157. The van der Waals surface area contributed by atoms with Crippen LogP contribution >= 0.6 is 0 Å². The molecule has 0 spiro atoms. The highest BCUT2D eigenvalue weighted by Gasteiger charge is 2.32. The lowest BCUT2D eigenvalue weighted by Crippen LogP contribution is -2.34.